The Morgan fingerprint density at radius 3 is 1.80 bits per heavy atom. The molecule has 2 nitrogen and oxygen atoms in total. The highest BCUT2D eigenvalue weighted by Gasteiger charge is 1.88. The molecule has 0 bridgehead atoms. The number of nitrogens with one attached hydrogen (secondary N) is 1. The van der Waals surface area contributed by atoms with Crippen LogP contribution in [0.5, 0.6) is 0 Å². The summed E-state index contributed by atoms with van der Waals surface area (Å²) >= 11 is 0. The minimum atomic E-state index is 0. The van der Waals surface area contributed by atoms with Crippen LogP contribution in [-0.2, 0) is 0 Å². The molecule has 0 heterocycles. The topological polar surface area (TPSA) is 38.0 Å². The second-order valence-corrected chi connectivity index (χ2v) is 2.29. The van der Waals surface area contributed by atoms with E-state index in [1.165, 1.54) is 13.5 Å². The molecule has 10 heavy (non-hydrogen) atoms. The van der Waals surface area contributed by atoms with Crippen molar-refractivity contribution in [3.63, 3.8) is 0 Å². The predicted octanol–water partition coefficient (Wildman–Crippen LogP) is 1.46. The fourth-order valence-corrected chi connectivity index (χ4v) is 0.433. The van der Waals surface area contributed by atoms with Gasteiger partial charge in [0.2, 0.25) is 0 Å². The highest BCUT2D eigenvalue weighted by atomic mass is 14.8. The maximum atomic E-state index is 4.50. The quantitative estimate of drug-likeness (QED) is 0.636. The van der Waals surface area contributed by atoms with Crippen LogP contribution in [0, 0.1) is 5.92 Å². The SMILES string of the molecule is C.CN.CNCCC(C)C. The van der Waals surface area contributed by atoms with Crippen LogP contribution in [0.3, 0.4) is 0 Å². The van der Waals surface area contributed by atoms with Crippen LogP contribution in [0.4, 0.5) is 0 Å². The van der Waals surface area contributed by atoms with Crippen molar-refractivity contribution in [1.82, 2.24) is 5.32 Å². The summed E-state index contributed by atoms with van der Waals surface area (Å²) in [7, 11) is 3.49. The van der Waals surface area contributed by atoms with Gasteiger partial charge in [0, 0.05) is 0 Å². The van der Waals surface area contributed by atoms with Crippen molar-refractivity contribution < 1.29 is 0 Å². The van der Waals surface area contributed by atoms with Gasteiger partial charge in [-0.25, -0.2) is 0 Å². The van der Waals surface area contributed by atoms with E-state index in [-0.39, 0.29) is 7.43 Å². The Morgan fingerprint density at radius 1 is 1.30 bits per heavy atom. The van der Waals surface area contributed by atoms with Crippen LogP contribution in [0.2, 0.25) is 0 Å². The molecule has 0 saturated carbocycles. The highest BCUT2D eigenvalue weighted by Crippen LogP contribution is 1.94. The third-order valence-electron chi connectivity index (χ3n) is 0.972. The third-order valence-corrected chi connectivity index (χ3v) is 0.972. The molecule has 2 heteroatoms. The van der Waals surface area contributed by atoms with Crippen molar-refractivity contribution in [1.29, 1.82) is 0 Å². The van der Waals surface area contributed by atoms with Gasteiger partial charge in [-0.2, -0.15) is 0 Å². The number of rotatable bonds is 3. The van der Waals surface area contributed by atoms with E-state index in [1.807, 2.05) is 7.05 Å². The summed E-state index contributed by atoms with van der Waals surface area (Å²) in [5.74, 6) is 0.840. The Hall–Kier alpha value is -0.0800. The van der Waals surface area contributed by atoms with E-state index in [2.05, 4.69) is 24.9 Å². The van der Waals surface area contributed by atoms with Crippen molar-refractivity contribution in [2.75, 3.05) is 20.6 Å². The number of nitrogens with two attached hydrogens (primary N) is 1. The van der Waals surface area contributed by atoms with Crippen LogP contribution in [0.15, 0.2) is 0 Å². The first-order valence-corrected chi connectivity index (χ1v) is 3.49. The molecule has 66 valence electrons. The largest absolute Gasteiger partial charge is 0.333 e. The second kappa shape index (κ2) is 16.0. The fourth-order valence-electron chi connectivity index (χ4n) is 0.433. The van der Waals surface area contributed by atoms with Crippen molar-refractivity contribution >= 4 is 0 Å². The average Bonchev–Trinajstić information content (AvgIpc) is 1.88. The Kier molecular flexibility index (Phi) is 26.3. The molecule has 0 radical (unpaired) electrons. The van der Waals surface area contributed by atoms with Gasteiger partial charge < -0.3 is 11.1 Å². The lowest BCUT2D eigenvalue weighted by Gasteiger charge is -2.00. The summed E-state index contributed by atoms with van der Waals surface area (Å²) in [6, 6.07) is 0. The maximum absolute atomic E-state index is 4.50. The molecule has 0 aromatic carbocycles. The smallest absolute Gasteiger partial charge is 0.00495 e. The summed E-state index contributed by atoms with van der Waals surface area (Å²) < 4.78 is 0. The van der Waals surface area contributed by atoms with E-state index in [0.717, 1.165) is 12.5 Å². The van der Waals surface area contributed by atoms with Gasteiger partial charge in [0.25, 0.3) is 0 Å². The zero-order valence-electron chi connectivity index (χ0n) is 7.07. The van der Waals surface area contributed by atoms with Crippen molar-refractivity contribution in [2.45, 2.75) is 27.7 Å². The molecule has 0 aliphatic heterocycles. The summed E-state index contributed by atoms with van der Waals surface area (Å²) in [4.78, 5) is 0. The fraction of sp³-hybridized carbons (Fsp3) is 1.00. The zero-order chi connectivity index (χ0) is 7.70. The van der Waals surface area contributed by atoms with Gasteiger partial charge in [-0.1, -0.05) is 21.3 Å². The monoisotopic (exact) mass is 148 g/mol. The Labute approximate surface area is 66.2 Å². The molecule has 0 atom stereocenters. The molecule has 0 aromatic heterocycles. The Balaban J connectivity index is -0.000000149. The minimum absolute atomic E-state index is 0. The molecule has 3 N–H and O–H groups in total. The highest BCUT2D eigenvalue weighted by molar-refractivity contribution is 4.45. The lowest BCUT2D eigenvalue weighted by molar-refractivity contribution is 0.562. The maximum Gasteiger partial charge on any atom is -0.00495 e. The van der Waals surface area contributed by atoms with Gasteiger partial charge in [-0.15, -0.1) is 0 Å². The van der Waals surface area contributed by atoms with Crippen LogP contribution in [0.1, 0.15) is 27.7 Å². The van der Waals surface area contributed by atoms with Gasteiger partial charge in [-0.05, 0) is 33.0 Å². The van der Waals surface area contributed by atoms with E-state index in [1.54, 1.807) is 0 Å². The summed E-state index contributed by atoms with van der Waals surface area (Å²) in [5.41, 5.74) is 4.50. The van der Waals surface area contributed by atoms with Crippen LogP contribution < -0.4 is 11.1 Å². The Morgan fingerprint density at radius 2 is 1.70 bits per heavy atom. The van der Waals surface area contributed by atoms with E-state index in [4.69, 9.17) is 0 Å². The summed E-state index contributed by atoms with van der Waals surface area (Å²) in [5, 5.41) is 3.10. The summed E-state index contributed by atoms with van der Waals surface area (Å²) in [6.45, 7) is 5.62. The van der Waals surface area contributed by atoms with Gasteiger partial charge in [0.15, 0.2) is 0 Å². The molecule has 0 spiro atoms. The molecule has 0 amide bonds. The second-order valence-electron chi connectivity index (χ2n) is 2.29. The minimum Gasteiger partial charge on any atom is -0.333 e. The van der Waals surface area contributed by atoms with E-state index in [0.29, 0.717) is 0 Å². The average molecular weight is 148 g/mol. The molecule has 0 saturated heterocycles. The summed E-state index contributed by atoms with van der Waals surface area (Å²) in [6.07, 6.45) is 1.29. The first kappa shape index (κ1) is 16.5. The van der Waals surface area contributed by atoms with E-state index in [9.17, 15) is 0 Å². The third kappa shape index (κ3) is 24.7. The van der Waals surface area contributed by atoms with E-state index < -0.39 is 0 Å². The molecule has 0 unspecified atom stereocenters. The molecule has 0 fully saturated rings. The first-order chi connectivity index (χ1) is 4.27. The predicted molar refractivity (Wildman–Crippen MR) is 50.2 cm³/mol. The van der Waals surface area contributed by atoms with Crippen molar-refractivity contribution in [2.24, 2.45) is 11.7 Å². The normalized spacial score (nSPS) is 7.80. The molecular weight excluding hydrogens is 124 g/mol. The Bertz CT molecular complexity index is 36.2. The van der Waals surface area contributed by atoms with Gasteiger partial charge >= 0.3 is 0 Å². The van der Waals surface area contributed by atoms with Crippen molar-refractivity contribution in [3.8, 4) is 0 Å². The number of hydrogen-bond acceptors (Lipinski definition) is 2. The van der Waals surface area contributed by atoms with Crippen LogP contribution in [-0.4, -0.2) is 20.6 Å². The lowest BCUT2D eigenvalue weighted by atomic mass is 10.1. The zero-order valence-corrected chi connectivity index (χ0v) is 7.07. The van der Waals surface area contributed by atoms with Crippen molar-refractivity contribution in [3.05, 3.63) is 0 Å². The lowest BCUT2D eigenvalue weighted by Crippen LogP contribution is -2.09. The molecule has 0 aliphatic rings. The first-order valence-electron chi connectivity index (χ1n) is 3.49. The van der Waals surface area contributed by atoms with Crippen LogP contribution in [0.25, 0.3) is 0 Å². The molecule has 0 rings (SSSR count). The molecule has 0 aromatic rings. The van der Waals surface area contributed by atoms with E-state index >= 15 is 0 Å². The van der Waals surface area contributed by atoms with Gasteiger partial charge in [-0.3, -0.25) is 0 Å². The molecular formula is C8H24N2. The molecule has 0 aliphatic carbocycles. The van der Waals surface area contributed by atoms with Crippen LogP contribution >= 0.6 is 0 Å². The van der Waals surface area contributed by atoms with Gasteiger partial charge in [0.1, 0.15) is 0 Å². The van der Waals surface area contributed by atoms with Gasteiger partial charge in [0.05, 0.1) is 0 Å². The number of hydrogen-bond donors (Lipinski definition) is 2. The standard InChI is InChI=1S/C6H15N.CH5N.CH4/c1-6(2)4-5-7-3;1-2;/h6-7H,4-5H2,1-3H3;2H2,1H3;1H4.